The van der Waals surface area contributed by atoms with E-state index in [9.17, 15) is 4.79 Å². The summed E-state index contributed by atoms with van der Waals surface area (Å²) in [6.45, 7) is 0. The van der Waals surface area contributed by atoms with Gasteiger partial charge in [-0.25, -0.2) is 4.98 Å². The van der Waals surface area contributed by atoms with Crippen LogP contribution in [0.3, 0.4) is 0 Å². The van der Waals surface area contributed by atoms with Crippen molar-refractivity contribution in [2.45, 2.75) is 19.3 Å². The molecule has 0 aliphatic heterocycles. The van der Waals surface area contributed by atoms with Crippen molar-refractivity contribution in [2.24, 2.45) is 0 Å². The molecule has 0 saturated heterocycles. The zero-order valence-electron chi connectivity index (χ0n) is 12.5. The largest absolute Gasteiger partial charge is 0.269 e. The third-order valence-electron chi connectivity index (χ3n) is 4.20. The average Bonchev–Trinajstić information content (AvgIpc) is 2.57. The number of aromatic nitrogens is 2. The minimum absolute atomic E-state index is 0.00818. The number of pyridine rings is 1. The summed E-state index contributed by atoms with van der Waals surface area (Å²) >= 11 is 6.01. The highest BCUT2D eigenvalue weighted by Crippen LogP contribution is 2.29. The van der Waals surface area contributed by atoms with Gasteiger partial charge < -0.3 is 0 Å². The van der Waals surface area contributed by atoms with Crippen LogP contribution in [0.1, 0.15) is 29.7 Å². The first-order valence-electron chi connectivity index (χ1n) is 7.69. The van der Waals surface area contributed by atoms with Gasteiger partial charge in [0.05, 0.1) is 10.7 Å². The fourth-order valence-corrected chi connectivity index (χ4v) is 3.27. The number of fused-ring (bicyclic) bond motifs is 2. The van der Waals surface area contributed by atoms with E-state index in [0.717, 1.165) is 41.7 Å². The number of hydrogen-bond donors (Lipinski definition) is 0. The molecule has 4 heteroatoms. The van der Waals surface area contributed by atoms with Crippen LogP contribution in [-0.4, -0.2) is 9.38 Å². The van der Waals surface area contributed by atoms with Gasteiger partial charge in [-0.15, -0.1) is 0 Å². The zero-order valence-corrected chi connectivity index (χ0v) is 13.3. The summed E-state index contributed by atoms with van der Waals surface area (Å²) < 4.78 is 1.55. The second kappa shape index (κ2) is 5.67. The molecule has 2 heterocycles. The molecule has 2 aromatic heterocycles. The molecule has 0 amide bonds. The molecular formula is C19H15ClN2O. The quantitative estimate of drug-likeness (QED) is 0.672. The third-order valence-corrected chi connectivity index (χ3v) is 4.42. The molecule has 1 aromatic carbocycles. The fourth-order valence-electron chi connectivity index (χ4n) is 3.11. The summed E-state index contributed by atoms with van der Waals surface area (Å²) in [5, 5.41) is 0.539. The smallest absolute Gasteiger partial charge is 0.261 e. The first-order valence-corrected chi connectivity index (χ1v) is 8.07. The van der Waals surface area contributed by atoms with E-state index in [2.05, 4.69) is 18.2 Å². The Bertz CT molecular complexity index is 974. The lowest BCUT2D eigenvalue weighted by Gasteiger charge is -2.18. The van der Waals surface area contributed by atoms with Gasteiger partial charge in [0.15, 0.2) is 0 Å². The van der Waals surface area contributed by atoms with Crippen LogP contribution in [0.15, 0.2) is 53.5 Å². The maximum absolute atomic E-state index is 12.8. The van der Waals surface area contributed by atoms with Crippen molar-refractivity contribution in [1.29, 1.82) is 0 Å². The number of rotatable bonds is 1. The van der Waals surface area contributed by atoms with E-state index in [1.54, 1.807) is 22.7 Å². The highest BCUT2D eigenvalue weighted by Gasteiger charge is 2.20. The molecular weight excluding hydrogens is 308 g/mol. The number of nitrogens with zero attached hydrogens (tertiary/aromatic N) is 2. The molecule has 0 unspecified atom stereocenters. The average molecular weight is 323 g/mol. The number of allylic oxidation sites excluding steroid dienone is 1. The van der Waals surface area contributed by atoms with Crippen LogP contribution in [0.25, 0.3) is 17.3 Å². The van der Waals surface area contributed by atoms with Crippen LogP contribution in [0.5, 0.6) is 0 Å². The van der Waals surface area contributed by atoms with Crippen LogP contribution in [-0.2, 0) is 6.42 Å². The van der Waals surface area contributed by atoms with Gasteiger partial charge >= 0.3 is 0 Å². The SMILES string of the molecule is O=c1c2c(nc3ccc(Cl)cn13)/C(=C\c1ccccc1)CCC2. The van der Waals surface area contributed by atoms with Crippen molar-refractivity contribution in [3.8, 4) is 0 Å². The van der Waals surface area contributed by atoms with Crippen LogP contribution >= 0.6 is 11.6 Å². The van der Waals surface area contributed by atoms with Gasteiger partial charge in [-0.1, -0.05) is 41.9 Å². The highest BCUT2D eigenvalue weighted by molar-refractivity contribution is 6.30. The predicted molar refractivity (Wildman–Crippen MR) is 93.7 cm³/mol. The molecule has 0 spiro atoms. The van der Waals surface area contributed by atoms with Gasteiger partial charge in [0.2, 0.25) is 0 Å². The highest BCUT2D eigenvalue weighted by atomic mass is 35.5. The summed E-state index contributed by atoms with van der Waals surface area (Å²) in [5.74, 6) is 0. The molecule has 4 rings (SSSR count). The fraction of sp³-hybridized carbons (Fsp3) is 0.158. The van der Waals surface area contributed by atoms with Gasteiger partial charge in [-0.2, -0.15) is 0 Å². The Labute approximate surface area is 138 Å². The van der Waals surface area contributed by atoms with Crippen molar-refractivity contribution in [3.05, 3.63) is 80.9 Å². The lowest BCUT2D eigenvalue weighted by atomic mass is 9.91. The number of halogens is 1. The van der Waals surface area contributed by atoms with Crippen molar-refractivity contribution >= 4 is 28.9 Å². The summed E-state index contributed by atoms with van der Waals surface area (Å²) in [6.07, 6.45) is 6.45. The molecule has 3 nitrogen and oxygen atoms in total. The number of benzene rings is 1. The van der Waals surface area contributed by atoms with Crippen LogP contribution in [0.4, 0.5) is 0 Å². The molecule has 0 N–H and O–H groups in total. The van der Waals surface area contributed by atoms with Gasteiger partial charge in [0, 0.05) is 11.8 Å². The molecule has 1 aliphatic rings. The van der Waals surface area contributed by atoms with Gasteiger partial charge in [-0.05, 0) is 48.6 Å². The van der Waals surface area contributed by atoms with E-state index in [-0.39, 0.29) is 5.56 Å². The standard InChI is InChI=1S/C19H15ClN2O/c20-15-9-10-17-21-18-14(11-13-5-2-1-3-6-13)7-4-8-16(18)19(23)22(17)12-15/h1-3,5-6,9-12H,4,7-8H2/b14-11-. The van der Waals surface area contributed by atoms with Crippen LogP contribution in [0.2, 0.25) is 5.02 Å². The van der Waals surface area contributed by atoms with Crippen molar-refractivity contribution in [1.82, 2.24) is 9.38 Å². The molecule has 114 valence electrons. The maximum Gasteiger partial charge on any atom is 0.261 e. The van der Waals surface area contributed by atoms with E-state index in [0.29, 0.717) is 10.7 Å². The topological polar surface area (TPSA) is 34.4 Å². The molecule has 3 aromatic rings. The van der Waals surface area contributed by atoms with E-state index < -0.39 is 0 Å². The molecule has 0 fully saturated rings. The first kappa shape index (κ1) is 14.2. The second-order valence-electron chi connectivity index (χ2n) is 5.75. The van der Waals surface area contributed by atoms with Gasteiger partial charge in [0.1, 0.15) is 5.65 Å². The Kier molecular flexibility index (Phi) is 3.50. The Morgan fingerprint density at radius 2 is 1.91 bits per heavy atom. The summed E-state index contributed by atoms with van der Waals surface area (Å²) in [5.41, 5.74) is 4.52. The van der Waals surface area contributed by atoms with Gasteiger partial charge in [-0.3, -0.25) is 9.20 Å². The van der Waals surface area contributed by atoms with Crippen LogP contribution in [0, 0.1) is 0 Å². The van der Waals surface area contributed by atoms with E-state index in [1.165, 1.54) is 0 Å². The Morgan fingerprint density at radius 3 is 2.74 bits per heavy atom. The van der Waals surface area contributed by atoms with E-state index in [1.807, 2.05) is 18.2 Å². The first-order chi connectivity index (χ1) is 11.2. The predicted octanol–water partition coefficient (Wildman–Crippen LogP) is 4.22. The van der Waals surface area contributed by atoms with Crippen LogP contribution < -0.4 is 5.56 Å². The molecule has 1 aliphatic carbocycles. The third kappa shape index (κ3) is 2.57. The van der Waals surface area contributed by atoms with Gasteiger partial charge in [0.25, 0.3) is 5.56 Å². The van der Waals surface area contributed by atoms with E-state index >= 15 is 0 Å². The lowest BCUT2D eigenvalue weighted by Crippen LogP contribution is -2.24. The lowest BCUT2D eigenvalue weighted by molar-refractivity contribution is 0.787. The molecule has 0 bridgehead atoms. The summed E-state index contributed by atoms with van der Waals surface area (Å²) in [4.78, 5) is 17.5. The Balaban J connectivity index is 1.95. The molecule has 0 radical (unpaired) electrons. The minimum atomic E-state index is -0.00818. The molecule has 0 atom stereocenters. The monoisotopic (exact) mass is 322 g/mol. The minimum Gasteiger partial charge on any atom is -0.269 e. The Hall–Kier alpha value is -2.39. The number of hydrogen-bond acceptors (Lipinski definition) is 2. The van der Waals surface area contributed by atoms with Crippen molar-refractivity contribution < 1.29 is 0 Å². The zero-order chi connectivity index (χ0) is 15.8. The Morgan fingerprint density at radius 1 is 1.09 bits per heavy atom. The van der Waals surface area contributed by atoms with E-state index in [4.69, 9.17) is 16.6 Å². The summed E-state index contributed by atoms with van der Waals surface area (Å²) in [6, 6.07) is 13.7. The second-order valence-corrected chi connectivity index (χ2v) is 6.19. The maximum atomic E-state index is 12.8. The molecule has 0 saturated carbocycles. The molecule has 23 heavy (non-hydrogen) atoms. The normalized spacial score (nSPS) is 15.8. The summed E-state index contributed by atoms with van der Waals surface area (Å²) in [7, 11) is 0. The van der Waals surface area contributed by atoms with Crippen molar-refractivity contribution in [2.75, 3.05) is 0 Å². The van der Waals surface area contributed by atoms with Crippen molar-refractivity contribution in [3.63, 3.8) is 0 Å².